The third kappa shape index (κ3) is 8.24. The summed E-state index contributed by atoms with van der Waals surface area (Å²) in [5.74, 6) is 1.66. The van der Waals surface area contributed by atoms with E-state index in [1.807, 2.05) is 49.4 Å². The molecule has 0 saturated carbocycles. The van der Waals surface area contributed by atoms with Gasteiger partial charge >= 0.3 is 0 Å². The summed E-state index contributed by atoms with van der Waals surface area (Å²) in [5.41, 5.74) is 1.71. The summed E-state index contributed by atoms with van der Waals surface area (Å²) in [6, 6.07) is 16.7. The summed E-state index contributed by atoms with van der Waals surface area (Å²) in [4.78, 5) is 0. The average Bonchev–Trinajstić information content (AvgIpc) is 2.81. The Bertz CT molecular complexity index is 875. The first-order valence-corrected chi connectivity index (χ1v) is 11.0. The Hall–Kier alpha value is -3.15. The molecule has 3 rings (SSSR count). The first-order chi connectivity index (χ1) is 15.2. The van der Waals surface area contributed by atoms with E-state index in [2.05, 4.69) is 29.3 Å². The zero-order chi connectivity index (χ0) is 22.3. The quantitative estimate of drug-likeness (QED) is 0.399. The van der Waals surface area contributed by atoms with E-state index in [0.29, 0.717) is 12.4 Å². The van der Waals surface area contributed by atoms with Gasteiger partial charge in [-0.1, -0.05) is 51.0 Å². The molecule has 1 aromatic heterocycles. The maximum Gasteiger partial charge on any atom is 0.161 e. The summed E-state index contributed by atoms with van der Waals surface area (Å²) in [6.45, 7) is 6.91. The van der Waals surface area contributed by atoms with Crippen molar-refractivity contribution in [1.29, 1.82) is 0 Å². The zero-order valence-corrected chi connectivity index (χ0v) is 18.7. The highest BCUT2D eigenvalue weighted by atomic mass is 16.5. The van der Waals surface area contributed by atoms with E-state index in [1.54, 1.807) is 18.3 Å². The minimum absolute atomic E-state index is 0.222. The lowest BCUT2D eigenvalue weighted by molar-refractivity contribution is 0.176. The van der Waals surface area contributed by atoms with Crippen molar-refractivity contribution >= 4 is 0 Å². The molecule has 166 valence electrons. The lowest BCUT2D eigenvalue weighted by Gasteiger charge is -2.18. The number of phenols is 1. The van der Waals surface area contributed by atoms with E-state index in [9.17, 15) is 5.11 Å². The van der Waals surface area contributed by atoms with Crippen molar-refractivity contribution in [2.45, 2.75) is 59.0 Å². The van der Waals surface area contributed by atoms with Crippen molar-refractivity contribution in [1.82, 2.24) is 15.4 Å². The molecule has 0 amide bonds. The minimum atomic E-state index is 0.222. The molecule has 1 heterocycles. The molecular weight excluding hydrogens is 390 g/mol. The smallest absolute Gasteiger partial charge is 0.161 e. The topological polar surface area (TPSA) is 77.4 Å². The van der Waals surface area contributed by atoms with E-state index >= 15 is 0 Å². The van der Waals surface area contributed by atoms with Gasteiger partial charge in [0.2, 0.25) is 0 Å². The van der Waals surface area contributed by atoms with Gasteiger partial charge in [0.15, 0.2) is 11.5 Å². The molecule has 0 bridgehead atoms. The number of aromatic nitrogens is 3. The Morgan fingerprint density at radius 3 is 2.29 bits per heavy atom. The maximum absolute atomic E-state index is 9.60. The predicted octanol–water partition coefficient (Wildman–Crippen LogP) is 6.07. The average molecular weight is 424 g/mol. The molecule has 0 saturated heterocycles. The summed E-state index contributed by atoms with van der Waals surface area (Å²) < 4.78 is 11.3. The van der Waals surface area contributed by atoms with Crippen LogP contribution in [-0.2, 0) is 0 Å². The number of unbranched alkanes of at least 4 members (excludes halogenated alkanes) is 2. The van der Waals surface area contributed by atoms with E-state index in [0.717, 1.165) is 29.8 Å². The molecule has 0 spiro atoms. The number of aromatic hydroxyl groups is 1. The Labute approximate surface area is 185 Å². The molecule has 1 unspecified atom stereocenters. The third-order valence-electron chi connectivity index (χ3n) is 4.71. The Morgan fingerprint density at radius 1 is 0.903 bits per heavy atom. The first kappa shape index (κ1) is 24.1. The molecule has 6 heteroatoms. The highest BCUT2D eigenvalue weighted by molar-refractivity contribution is 5.66. The second-order valence-corrected chi connectivity index (χ2v) is 7.05. The number of phenolic OH excluding ortho intramolecular Hbond substituents is 1. The number of hydrogen-bond donors (Lipinski definition) is 1. The van der Waals surface area contributed by atoms with Gasteiger partial charge in [-0.25, -0.2) is 0 Å². The Balaban J connectivity index is 0.000000220. The number of nitrogens with zero attached hydrogens (tertiary/aromatic N) is 3. The van der Waals surface area contributed by atoms with Crippen LogP contribution in [0.1, 0.15) is 52.9 Å². The summed E-state index contributed by atoms with van der Waals surface area (Å²) in [7, 11) is 0. The second kappa shape index (κ2) is 14.0. The molecule has 0 radical (unpaired) electrons. The van der Waals surface area contributed by atoms with Crippen LogP contribution in [0, 0.1) is 0 Å². The van der Waals surface area contributed by atoms with Gasteiger partial charge in [-0.05, 0) is 61.7 Å². The standard InChI is InChI=1S/C14H22O2.C11H11N3O/c1-3-5-6-9-12(4-2)16-14-11-8-7-10-13(14)15;1-2-15-11-6-4-3-5-9(11)10-7-8-12-14-13-10/h7-8,10-12,15H,3-6,9H2,1-2H3;3-8H,2H2,1H3. The number of hydrogen-bond acceptors (Lipinski definition) is 6. The fourth-order valence-electron chi connectivity index (χ4n) is 3.05. The lowest BCUT2D eigenvalue weighted by Crippen LogP contribution is -2.15. The number of rotatable bonds is 10. The van der Waals surface area contributed by atoms with Gasteiger partial charge < -0.3 is 14.6 Å². The van der Waals surface area contributed by atoms with Crippen LogP contribution >= 0.6 is 0 Å². The highest BCUT2D eigenvalue weighted by Gasteiger charge is 2.10. The van der Waals surface area contributed by atoms with E-state index in [-0.39, 0.29) is 11.9 Å². The van der Waals surface area contributed by atoms with Crippen LogP contribution in [0.5, 0.6) is 17.2 Å². The van der Waals surface area contributed by atoms with Gasteiger partial charge in [-0.2, -0.15) is 0 Å². The molecule has 3 aromatic rings. The number of benzene rings is 2. The number of ether oxygens (including phenoxy) is 2. The van der Waals surface area contributed by atoms with Crippen LogP contribution in [-0.4, -0.2) is 33.2 Å². The normalized spacial score (nSPS) is 11.2. The van der Waals surface area contributed by atoms with Crippen LogP contribution in [0.2, 0.25) is 0 Å². The van der Waals surface area contributed by atoms with Crippen molar-refractivity contribution in [2.24, 2.45) is 0 Å². The third-order valence-corrected chi connectivity index (χ3v) is 4.71. The lowest BCUT2D eigenvalue weighted by atomic mass is 10.1. The molecule has 6 nitrogen and oxygen atoms in total. The molecule has 1 N–H and O–H groups in total. The van der Waals surface area contributed by atoms with Gasteiger partial charge in [0.1, 0.15) is 11.4 Å². The summed E-state index contributed by atoms with van der Waals surface area (Å²) in [5, 5.41) is 20.8. The summed E-state index contributed by atoms with van der Waals surface area (Å²) >= 11 is 0. The van der Waals surface area contributed by atoms with Crippen molar-refractivity contribution in [3.8, 4) is 28.5 Å². The predicted molar refractivity (Wildman–Crippen MR) is 123 cm³/mol. The second-order valence-electron chi connectivity index (χ2n) is 7.05. The van der Waals surface area contributed by atoms with Crippen LogP contribution in [0.3, 0.4) is 0 Å². The zero-order valence-electron chi connectivity index (χ0n) is 18.7. The van der Waals surface area contributed by atoms with Crippen molar-refractivity contribution in [2.75, 3.05) is 6.61 Å². The van der Waals surface area contributed by atoms with Gasteiger partial charge in [0.25, 0.3) is 0 Å². The SMILES string of the molecule is CCCCCC(CC)Oc1ccccc1O.CCOc1ccccc1-c1ccnnn1. The molecule has 2 aromatic carbocycles. The van der Waals surface area contributed by atoms with Gasteiger partial charge in [0, 0.05) is 5.56 Å². The largest absolute Gasteiger partial charge is 0.504 e. The van der Waals surface area contributed by atoms with Gasteiger partial charge in [0.05, 0.1) is 18.9 Å². The molecule has 0 aliphatic carbocycles. The fraction of sp³-hybridized carbons (Fsp3) is 0.400. The molecule has 0 aliphatic rings. The maximum atomic E-state index is 9.60. The molecule has 31 heavy (non-hydrogen) atoms. The van der Waals surface area contributed by atoms with Gasteiger partial charge in [-0.3, -0.25) is 0 Å². The van der Waals surface area contributed by atoms with Crippen molar-refractivity contribution in [3.05, 3.63) is 60.8 Å². The van der Waals surface area contributed by atoms with Gasteiger partial charge in [-0.15, -0.1) is 10.2 Å². The monoisotopic (exact) mass is 423 g/mol. The molecular formula is C25H33N3O3. The first-order valence-electron chi connectivity index (χ1n) is 11.0. The summed E-state index contributed by atoms with van der Waals surface area (Å²) in [6.07, 6.45) is 7.57. The van der Waals surface area contributed by atoms with E-state index in [4.69, 9.17) is 9.47 Å². The van der Waals surface area contributed by atoms with Crippen molar-refractivity contribution in [3.63, 3.8) is 0 Å². The van der Waals surface area contributed by atoms with Crippen molar-refractivity contribution < 1.29 is 14.6 Å². The Kier molecular flexibility index (Phi) is 10.9. The highest BCUT2D eigenvalue weighted by Crippen LogP contribution is 2.28. The fourth-order valence-corrected chi connectivity index (χ4v) is 3.05. The minimum Gasteiger partial charge on any atom is -0.504 e. The molecule has 0 aliphatic heterocycles. The molecule has 1 atom stereocenters. The Morgan fingerprint density at radius 2 is 1.65 bits per heavy atom. The van der Waals surface area contributed by atoms with Crippen LogP contribution in [0.15, 0.2) is 60.8 Å². The van der Waals surface area contributed by atoms with E-state index in [1.165, 1.54) is 19.3 Å². The van der Waals surface area contributed by atoms with Crippen LogP contribution in [0.4, 0.5) is 0 Å². The van der Waals surface area contributed by atoms with Crippen LogP contribution < -0.4 is 9.47 Å². The number of para-hydroxylation sites is 3. The van der Waals surface area contributed by atoms with Crippen LogP contribution in [0.25, 0.3) is 11.3 Å². The molecule has 0 fully saturated rings. The van der Waals surface area contributed by atoms with E-state index < -0.39 is 0 Å².